The second-order valence-electron chi connectivity index (χ2n) is 7.51. The van der Waals surface area contributed by atoms with Gasteiger partial charge in [0.25, 0.3) is 0 Å². The van der Waals surface area contributed by atoms with Gasteiger partial charge in [0, 0.05) is 17.2 Å². The van der Waals surface area contributed by atoms with Crippen molar-refractivity contribution in [1.29, 1.82) is 0 Å². The Kier molecular flexibility index (Phi) is 8.10. The molecule has 0 aliphatic heterocycles. The highest BCUT2D eigenvalue weighted by Crippen LogP contribution is 2.34. The van der Waals surface area contributed by atoms with Crippen LogP contribution in [0.5, 0.6) is 11.5 Å². The Hall–Kier alpha value is -1.82. The summed E-state index contributed by atoms with van der Waals surface area (Å²) in [6.45, 7) is 6.03. The molecule has 2 aromatic rings. The van der Waals surface area contributed by atoms with Crippen LogP contribution in [-0.2, 0) is 5.41 Å². The highest BCUT2D eigenvalue weighted by molar-refractivity contribution is 6.18. The number of ether oxygens (including phenoxy) is 2. The molecule has 28 heavy (non-hydrogen) atoms. The van der Waals surface area contributed by atoms with E-state index in [4.69, 9.17) is 26.2 Å². The number of aliphatic hydroxyl groups excluding tert-OH is 2. The van der Waals surface area contributed by atoms with Gasteiger partial charge in [-0.2, -0.15) is 0 Å². The molecule has 154 valence electrons. The van der Waals surface area contributed by atoms with Gasteiger partial charge in [-0.25, -0.2) is 4.39 Å². The van der Waals surface area contributed by atoms with Crippen LogP contribution in [0, 0.1) is 11.7 Å². The van der Waals surface area contributed by atoms with Crippen LogP contribution in [0.15, 0.2) is 42.5 Å². The van der Waals surface area contributed by atoms with E-state index in [-0.39, 0.29) is 24.9 Å². The number of alkyl halides is 1. The zero-order chi connectivity index (χ0) is 20.7. The summed E-state index contributed by atoms with van der Waals surface area (Å²) in [6.07, 6.45) is -0.910. The van der Waals surface area contributed by atoms with Gasteiger partial charge in [-0.05, 0) is 35.4 Å². The molecule has 2 N–H and O–H groups in total. The molecule has 0 aliphatic rings. The maximum Gasteiger partial charge on any atom is 0.165 e. The van der Waals surface area contributed by atoms with E-state index in [1.807, 2.05) is 39.0 Å². The lowest BCUT2D eigenvalue weighted by Gasteiger charge is -2.27. The lowest BCUT2D eigenvalue weighted by atomic mass is 9.78. The summed E-state index contributed by atoms with van der Waals surface area (Å²) in [4.78, 5) is 0. The van der Waals surface area contributed by atoms with Crippen LogP contribution in [-0.4, -0.2) is 42.0 Å². The summed E-state index contributed by atoms with van der Waals surface area (Å²) in [6, 6.07) is 12.4. The van der Waals surface area contributed by atoms with E-state index < -0.39 is 17.3 Å². The largest absolute Gasteiger partial charge is 0.491 e. The van der Waals surface area contributed by atoms with E-state index in [0.717, 1.165) is 11.1 Å². The number of aliphatic hydroxyl groups is 2. The summed E-state index contributed by atoms with van der Waals surface area (Å²) in [5, 5.41) is 18.2. The highest BCUT2D eigenvalue weighted by atomic mass is 35.5. The number of halogens is 2. The molecule has 0 saturated carbocycles. The fourth-order valence-corrected chi connectivity index (χ4v) is 2.75. The van der Waals surface area contributed by atoms with Gasteiger partial charge in [0.1, 0.15) is 18.5 Å². The standard InChI is InChI=1S/C22H28ClFO4/c1-15(11-23)13-28-21-9-6-17(10-20(21)24)22(2,3)16-4-7-19(8-5-16)27-14-18(26)12-25/h4-10,15,18,25-26H,11-14H2,1-3H3/t15-,18-/m1/s1. The van der Waals surface area contributed by atoms with Crippen molar-refractivity contribution in [2.24, 2.45) is 5.92 Å². The van der Waals surface area contributed by atoms with Crippen molar-refractivity contribution in [3.05, 3.63) is 59.4 Å². The zero-order valence-corrected chi connectivity index (χ0v) is 17.2. The van der Waals surface area contributed by atoms with Crippen LogP contribution in [0.4, 0.5) is 4.39 Å². The molecule has 0 fully saturated rings. The van der Waals surface area contributed by atoms with Crippen molar-refractivity contribution in [1.82, 2.24) is 0 Å². The van der Waals surface area contributed by atoms with Gasteiger partial charge in [-0.1, -0.05) is 39.0 Å². The van der Waals surface area contributed by atoms with Crippen molar-refractivity contribution in [3.63, 3.8) is 0 Å². The first-order chi connectivity index (χ1) is 13.3. The number of benzene rings is 2. The monoisotopic (exact) mass is 410 g/mol. The highest BCUT2D eigenvalue weighted by Gasteiger charge is 2.24. The Balaban J connectivity index is 2.11. The van der Waals surface area contributed by atoms with Crippen molar-refractivity contribution in [2.75, 3.05) is 25.7 Å². The fourth-order valence-electron chi connectivity index (χ4n) is 2.66. The first kappa shape index (κ1) is 22.5. The van der Waals surface area contributed by atoms with Crippen LogP contribution in [0.1, 0.15) is 31.9 Å². The third-order valence-corrected chi connectivity index (χ3v) is 5.20. The van der Waals surface area contributed by atoms with Gasteiger partial charge in [-0.15, -0.1) is 11.6 Å². The molecule has 2 aromatic carbocycles. The topological polar surface area (TPSA) is 58.9 Å². The molecular formula is C22H28ClFO4. The Morgan fingerprint density at radius 1 is 1.04 bits per heavy atom. The minimum atomic E-state index is -0.910. The molecule has 0 radical (unpaired) electrons. The lowest BCUT2D eigenvalue weighted by Crippen LogP contribution is -2.21. The summed E-state index contributed by atoms with van der Waals surface area (Å²) < 4.78 is 25.4. The van der Waals surface area contributed by atoms with Gasteiger partial charge in [0.15, 0.2) is 11.6 Å². The van der Waals surface area contributed by atoms with E-state index in [9.17, 15) is 9.50 Å². The summed E-state index contributed by atoms with van der Waals surface area (Å²) >= 11 is 5.76. The molecule has 4 nitrogen and oxygen atoms in total. The smallest absolute Gasteiger partial charge is 0.165 e. The Labute approximate surface area is 170 Å². The van der Waals surface area contributed by atoms with Gasteiger partial charge in [0.2, 0.25) is 0 Å². The number of rotatable bonds is 10. The Morgan fingerprint density at radius 2 is 1.68 bits per heavy atom. The molecule has 0 aromatic heterocycles. The average molecular weight is 411 g/mol. The van der Waals surface area contributed by atoms with Crippen molar-refractivity contribution in [2.45, 2.75) is 32.3 Å². The first-order valence-electron chi connectivity index (χ1n) is 9.29. The molecule has 0 amide bonds. The normalized spacial score (nSPS) is 13.8. The van der Waals surface area contributed by atoms with Crippen LogP contribution in [0.25, 0.3) is 0 Å². The molecule has 0 bridgehead atoms. The molecule has 0 heterocycles. The van der Waals surface area contributed by atoms with Crippen LogP contribution in [0.2, 0.25) is 0 Å². The summed E-state index contributed by atoms with van der Waals surface area (Å²) in [5.74, 6) is 1.03. The minimum absolute atomic E-state index is 0.0221. The third-order valence-electron chi connectivity index (χ3n) is 4.67. The van der Waals surface area contributed by atoms with Crippen molar-refractivity contribution in [3.8, 4) is 11.5 Å². The molecular weight excluding hydrogens is 383 g/mol. The van der Waals surface area contributed by atoms with Crippen LogP contribution >= 0.6 is 11.6 Å². The number of hydrogen-bond donors (Lipinski definition) is 2. The zero-order valence-electron chi connectivity index (χ0n) is 16.5. The molecule has 2 atom stereocenters. The first-order valence-corrected chi connectivity index (χ1v) is 9.82. The van der Waals surface area contributed by atoms with Gasteiger partial charge >= 0.3 is 0 Å². The SMILES string of the molecule is C[C@H](CCl)COc1ccc(C(C)(C)c2ccc(OC[C@H](O)CO)cc2)cc1F. The second-order valence-corrected chi connectivity index (χ2v) is 7.82. The van der Waals surface area contributed by atoms with E-state index in [2.05, 4.69) is 0 Å². The molecule has 0 aliphatic carbocycles. The maximum absolute atomic E-state index is 14.5. The predicted octanol–water partition coefficient (Wildman–Crippen LogP) is 4.14. The molecule has 0 unspecified atom stereocenters. The lowest BCUT2D eigenvalue weighted by molar-refractivity contribution is 0.0536. The molecule has 0 spiro atoms. The van der Waals surface area contributed by atoms with E-state index in [0.29, 0.717) is 18.2 Å². The molecule has 6 heteroatoms. The van der Waals surface area contributed by atoms with Gasteiger partial charge < -0.3 is 19.7 Å². The Bertz CT molecular complexity index is 749. The van der Waals surface area contributed by atoms with Crippen LogP contribution in [0.3, 0.4) is 0 Å². The quantitative estimate of drug-likeness (QED) is 0.578. The van der Waals surface area contributed by atoms with Gasteiger partial charge in [-0.3, -0.25) is 0 Å². The second kappa shape index (κ2) is 10.1. The predicted molar refractivity (Wildman–Crippen MR) is 109 cm³/mol. The van der Waals surface area contributed by atoms with E-state index >= 15 is 0 Å². The third kappa shape index (κ3) is 5.84. The van der Waals surface area contributed by atoms with Crippen molar-refractivity contribution < 1.29 is 24.1 Å². The summed E-state index contributed by atoms with van der Waals surface area (Å²) in [5.41, 5.74) is 1.39. The Morgan fingerprint density at radius 3 is 2.25 bits per heavy atom. The van der Waals surface area contributed by atoms with E-state index in [1.54, 1.807) is 18.2 Å². The van der Waals surface area contributed by atoms with Gasteiger partial charge in [0.05, 0.1) is 13.2 Å². The maximum atomic E-state index is 14.5. The average Bonchev–Trinajstić information content (AvgIpc) is 2.70. The van der Waals surface area contributed by atoms with Crippen LogP contribution < -0.4 is 9.47 Å². The fraction of sp³-hybridized carbons (Fsp3) is 0.455. The molecule has 0 saturated heterocycles. The molecule has 2 rings (SSSR count). The van der Waals surface area contributed by atoms with Crippen molar-refractivity contribution >= 4 is 11.6 Å². The minimum Gasteiger partial charge on any atom is -0.491 e. The number of hydrogen-bond acceptors (Lipinski definition) is 4. The van der Waals surface area contributed by atoms with E-state index in [1.165, 1.54) is 6.07 Å². The summed E-state index contributed by atoms with van der Waals surface area (Å²) in [7, 11) is 0.